The summed E-state index contributed by atoms with van der Waals surface area (Å²) in [4.78, 5) is 11.0. The average Bonchev–Trinajstić information content (AvgIpc) is 2.93. The minimum atomic E-state index is -0.670. The predicted octanol–water partition coefficient (Wildman–Crippen LogP) is 3.20. The van der Waals surface area contributed by atoms with Gasteiger partial charge < -0.3 is 5.11 Å². The molecule has 1 N–H and O–H groups in total. The van der Waals surface area contributed by atoms with Crippen LogP contribution in [-0.4, -0.2) is 11.1 Å². The molecule has 15 heavy (non-hydrogen) atoms. The largest absolute Gasteiger partial charge is 0.481 e. The third-order valence-corrected chi connectivity index (χ3v) is 3.90. The fraction of sp³-hybridized carbons (Fsp3) is 0.417. The summed E-state index contributed by atoms with van der Waals surface area (Å²) in [7, 11) is 0. The summed E-state index contributed by atoms with van der Waals surface area (Å²) in [5.74, 6) is -0.867. The SMILES string of the molecule is CCC1(c2cccc(Br)c2)CC1C(=O)O. The van der Waals surface area contributed by atoms with Gasteiger partial charge in [0.1, 0.15) is 0 Å². The van der Waals surface area contributed by atoms with Crippen molar-refractivity contribution in [3.8, 4) is 0 Å². The standard InChI is InChI=1S/C12H13BrO2/c1-2-12(7-10(12)11(14)15)8-4-3-5-9(13)6-8/h3-6,10H,2,7H2,1H3,(H,14,15). The second kappa shape index (κ2) is 3.63. The molecule has 2 unspecified atom stereocenters. The van der Waals surface area contributed by atoms with E-state index in [0.29, 0.717) is 0 Å². The molecule has 0 saturated heterocycles. The van der Waals surface area contributed by atoms with Crippen LogP contribution in [0, 0.1) is 5.92 Å². The lowest BCUT2D eigenvalue weighted by Gasteiger charge is -2.14. The van der Waals surface area contributed by atoms with E-state index in [-0.39, 0.29) is 11.3 Å². The van der Waals surface area contributed by atoms with Crippen LogP contribution in [0.5, 0.6) is 0 Å². The quantitative estimate of drug-likeness (QED) is 0.914. The lowest BCUT2D eigenvalue weighted by molar-refractivity contribution is -0.139. The van der Waals surface area contributed by atoms with Gasteiger partial charge in [-0.25, -0.2) is 0 Å². The predicted molar refractivity (Wildman–Crippen MR) is 61.9 cm³/mol. The number of rotatable bonds is 3. The summed E-state index contributed by atoms with van der Waals surface area (Å²) in [6, 6.07) is 7.99. The van der Waals surface area contributed by atoms with Gasteiger partial charge >= 0.3 is 5.97 Å². The Hall–Kier alpha value is -0.830. The van der Waals surface area contributed by atoms with Gasteiger partial charge in [0.15, 0.2) is 0 Å². The fourth-order valence-electron chi connectivity index (χ4n) is 2.34. The molecule has 2 atom stereocenters. The van der Waals surface area contributed by atoms with E-state index < -0.39 is 5.97 Å². The Labute approximate surface area is 97.4 Å². The molecule has 0 radical (unpaired) electrons. The van der Waals surface area contributed by atoms with Crippen LogP contribution in [0.2, 0.25) is 0 Å². The molecule has 0 spiro atoms. The molecule has 0 amide bonds. The number of carbonyl (C=O) groups is 1. The zero-order chi connectivity index (χ0) is 11.1. The molecule has 0 aromatic heterocycles. The first-order chi connectivity index (χ1) is 7.10. The third-order valence-electron chi connectivity index (χ3n) is 3.40. The van der Waals surface area contributed by atoms with Crippen molar-refractivity contribution in [1.29, 1.82) is 0 Å². The molecular formula is C12H13BrO2. The molecule has 2 nitrogen and oxygen atoms in total. The van der Waals surface area contributed by atoms with Crippen molar-refractivity contribution in [3.63, 3.8) is 0 Å². The highest BCUT2D eigenvalue weighted by atomic mass is 79.9. The second-order valence-electron chi connectivity index (χ2n) is 4.11. The van der Waals surface area contributed by atoms with Gasteiger partial charge in [0, 0.05) is 9.89 Å². The molecule has 0 aliphatic heterocycles. The monoisotopic (exact) mass is 268 g/mol. The molecule has 2 rings (SSSR count). The highest BCUT2D eigenvalue weighted by Crippen LogP contribution is 2.57. The van der Waals surface area contributed by atoms with E-state index in [1.165, 1.54) is 0 Å². The topological polar surface area (TPSA) is 37.3 Å². The van der Waals surface area contributed by atoms with Crippen LogP contribution in [0.3, 0.4) is 0 Å². The van der Waals surface area contributed by atoms with Crippen molar-refractivity contribution in [1.82, 2.24) is 0 Å². The smallest absolute Gasteiger partial charge is 0.307 e. The van der Waals surface area contributed by atoms with E-state index in [9.17, 15) is 4.79 Å². The Morgan fingerprint density at radius 2 is 2.40 bits per heavy atom. The molecule has 1 aromatic carbocycles. The van der Waals surface area contributed by atoms with Gasteiger partial charge in [0.25, 0.3) is 0 Å². The molecular weight excluding hydrogens is 256 g/mol. The Morgan fingerprint density at radius 1 is 1.67 bits per heavy atom. The zero-order valence-corrected chi connectivity index (χ0v) is 10.1. The van der Waals surface area contributed by atoms with E-state index in [0.717, 1.165) is 22.9 Å². The first kappa shape index (κ1) is 10.7. The van der Waals surface area contributed by atoms with Crippen molar-refractivity contribution in [2.24, 2.45) is 5.92 Å². The Bertz CT molecular complexity index is 402. The molecule has 0 heterocycles. The number of hydrogen-bond acceptors (Lipinski definition) is 1. The van der Waals surface area contributed by atoms with Crippen molar-refractivity contribution in [3.05, 3.63) is 34.3 Å². The highest BCUT2D eigenvalue weighted by Gasteiger charge is 2.58. The maximum Gasteiger partial charge on any atom is 0.307 e. The molecule has 3 heteroatoms. The van der Waals surface area contributed by atoms with E-state index in [1.807, 2.05) is 24.3 Å². The Balaban J connectivity index is 2.34. The van der Waals surface area contributed by atoms with Gasteiger partial charge in [-0.15, -0.1) is 0 Å². The van der Waals surface area contributed by atoms with Crippen LogP contribution >= 0.6 is 15.9 Å². The van der Waals surface area contributed by atoms with Gasteiger partial charge in [-0.3, -0.25) is 4.79 Å². The molecule has 1 aliphatic rings. The third kappa shape index (κ3) is 1.69. The lowest BCUT2D eigenvalue weighted by Crippen LogP contribution is -2.13. The summed E-state index contributed by atoms with van der Waals surface area (Å²) in [5.41, 5.74) is 1.03. The van der Waals surface area contributed by atoms with Crippen LogP contribution < -0.4 is 0 Å². The van der Waals surface area contributed by atoms with Crippen molar-refractivity contribution >= 4 is 21.9 Å². The molecule has 1 aliphatic carbocycles. The number of aliphatic carboxylic acids is 1. The van der Waals surface area contributed by atoms with Crippen LogP contribution in [0.15, 0.2) is 28.7 Å². The first-order valence-corrected chi connectivity index (χ1v) is 5.88. The molecule has 1 saturated carbocycles. The first-order valence-electron chi connectivity index (χ1n) is 5.09. The maximum atomic E-state index is 11.0. The second-order valence-corrected chi connectivity index (χ2v) is 5.03. The summed E-state index contributed by atoms with van der Waals surface area (Å²) < 4.78 is 1.02. The van der Waals surface area contributed by atoms with Gasteiger partial charge in [-0.1, -0.05) is 35.0 Å². The average molecular weight is 269 g/mol. The molecule has 80 valence electrons. The van der Waals surface area contributed by atoms with Crippen molar-refractivity contribution in [2.75, 3.05) is 0 Å². The van der Waals surface area contributed by atoms with E-state index in [4.69, 9.17) is 5.11 Å². The summed E-state index contributed by atoms with van der Waals surface area (Å²) in [6.07, 6.45) is 1.66. The van der Waals surface area contributed by atoms with Crippen LogP contribution in [0.4, 0.5) is 0 Å². The molecule has 1 aromatic rings. The normalized spacial score (nSPS) is 28.8. The summed E-state index contributed by atoms with van der Waals surface area (Å²) >= 11 is 3.42. The van der Waals surface area contributed by atoms with Crippen molar-refractivity contribution in [2.45, 2.75) is 25.2 Å². The minimum Gasteiger partial charge on any atom is -0.481 e. The van der Waals surface area contributed by atoms with Crippen LogP contribution in [0.25, 0.3) is 0 Å². The van der Waals surface area contributed by atoms with Gasteiger partial charge in [-0.2, -0.15) is 0 Å². The summed E-state index contributed by atoms with van der Waals surface area (Å²) in [6.45, 7) is 2.06. The minimum absolute atomic E-state index is 0.115. The van der Waals surface area contributed by atoms with E-state index in [1.54, 1.807) is 0 Å². The van der Waals surface area contributed by atoms with Crippen molar-refractivity contribution < 1.29 is 9.90 Å². The number of benzene rings is 1. The van der Waals surface area contributed by atoms with Crippen LogP contribution in [0.1, 0.15) is 25.3 Å². The molecule has 1 fully saturated rings. The Kier molecular flexibility index (Phi) is 2.59. The Morgan fingerprint density at radius 3 is 2.87 bits per heavy atom. The fourth-order valence-corrected chi connectivity index (χ4v) is 2.74. The summed E-state index contributed by atoms with van der Waals surface area (Å²) in [5, 5.41) is 9.04. The van der Waals surface area contributed by atoms with Crippen LogP contribution in [-0.2, 0) is 10.2 Å². The van der Waals surface area contributed by atoms with Gasteiger partial charge in [-0.05, 0) is 30.5 Å². The molecule has 0 bridgehead atoms. The highest BCUT2D eigenvalue weighted by molar-refractivity contribution is 9.10. The van der Waals surface area contributed by atoms with Gasteiger partial charge in [0.2, 0.25) is 0 Å². The number of hydrogen-bond donors (Lipinski definition) is 1. The zero-order valence-electron chi connectivity index (χ0n) is 8.53. The number of carboxylic acid groups (broad SMARTS) is 1. The van der Waals surface area contributed by atoms with E-state index >= 15 is 0 Å². The lowest BCUT2D eigenvalue weighted by atomic mass is 9.90. The van der Waals surface area contributed by atoms with E-state index in [2.05, 4.69) is 22.9 Å². The maximum absolute atomic E-state index is 11.0. The number of halogens is 1. The van der Waals surface area contributed by atoms with Gasteiger partial charge in [0.05, 0.1) is 5.92 Å². The number of carboxylic acids is 1.